The molecule has 5 nitrogen and oxygen atoms in total. The molecular formula is C14H13ClN4O. The number of piperidine rings is 1. The zero-order chi connectivity index (χ0) is 14.0. The molecule has 2 aromatic rings. The summed E-state index contributed by atoms with van der Waals surface area (Å²) in [5.74, 6) is -0.00887. The van der Waals surface area contributed by atoms with Gasteiger partial charge in [-0.25, -0.2) is 0 Å². The van der Waals surface area contributed by atoms with Gasteiger partial charge >= 0.3 is 0 Å². The highest BCUT2D eigenvalue weighted by molar-refractivity contribution is 6.30. The van der Waals surface area contributed by atoms with E-state index in [1.54, 1.807) is 0 Å². The van der Waals surface area contributed by atoms with Gasteiger partial charge in [0.1, 0.15) is 17.4 Å². The van der Waals surface area contributed by atoms with Gasteiger partial charge in [0.25, 0.3) is 0 Å². The smallest absolute Gasteiger partial charge is 0.149 e. The summed E-state index contributed by atoms with van der Waals surface area (Å²) in [4.78, 5) is 0. The molecule has 0 radical (unpaired) electrons. The van der Waals surface area contributed by atoms with Crippen molar-refractivity contribution >= 4 is 11.6 Å². The van der Waals surface area contributed by atoms with Crippen LogP contribution in [0.5, 0.6) is 0 Å². The lowest BCUT2D eigenvalue weighted by molar-refractivity contribution is 0.323. The van der Waals surface area contributed by atoms with Gasteiger partial charge in [0.15, 0.2) is 0 Å². The van der Waals surface area contributed by atoms with Crippen molar-refractivity contribution < 1.29 is 4.52 Å². The van der Waals surface area contributed by atoms with Gasteiger partial charge in [-0.05, 0) is 30.7 Å². The number of benzene rings is 1. The van der Waals surface area contributed by atoms with E-state index in [0.29, 0.717) is 23.7 Å². The van der Waals surface area contributed by atoms with Crippen LogP contribution >= 0.6 is 11.6 Å². The summed E-state index contributed by atoms with van der Waals surface area (Å²) in [6.45, 7) is 1.48. The summed E-state index contributed by atoms with van der Waals surface area (Å²) in [6.07, 6.45) is 2.14. The molecule has 20 heavy (non-hydrogen) atoms. The van der Waals surface area contributed by atoms with E-state index in [4.69, 9.17) is 16.1 Å². The molecule has 2 heterocycles. The Morgan fingerprint density at radius 2 is 2.20 bits per heavy atom. The molecule has 1 aromatic carbocycles. The summed E-state index contributed by atoms with van der Waals surface area (Å²) >= 11 is 5.94. The lowest BCUT2D eigenvalue weighted by Crippen LogP contribution is -2.46. The van der Waals surface area contributed by atoms with Gasteiger partial charge < -0.3 is 9.84 Å². The van der Waals surface area contributed by atoms with Gasteiger partial charge in [-0.3, -0.25) is 0 Å². The van der Waals surface area contributed by atoms with E-state index in [1.165, 1.54) is 6.26 Å². The van der Waals surface area contributed by atoms with Crippen molar-refractivity contribution in [3.63, 3.8) is 0 Å². The number of nitrogens with zero attached hydrogens (tertiary/aromatic N) is 3. The Balaban J connectivity index is 2.07. The molecule has 1 aromatic heterocycles. The SMILES string of the molecule is N#CC1(c2conn2)CCNCC1c1ccc(Cl)cc1. The molecule has 1 aliphatic heterocycles. The van der Waals surface area contributed by atoms with Crippen LogP contribution in [0.25, 0.3) is 0 Å². The number of nitrogens with one attached hydrogen (secondary N) is 1. The van der Waals surface area contributed by atoms with E-state index >= 15 is 0 Å². The summed E-state index contributed by atoms with van der Waals surface area (Å²) in [5.41, 5.74) is 0.951. The molecule has 0 spiro atoms. The first kappa shape index (κ1) is 13.1. The molecular weight excluding hydrogens is 276 g/mol. The quantitative estimate of drug-likeness (QED) is 0.917. The number of aromatic nitrogens is 2. The van der Waals surface area contributed by atoms with E-state index in [2.05, 4.69) is 21.8 Å². The number of rotatable bonds is 2. The van der Waals surface area contributed by atoms with Crippen LogP contribution in [0.1, 0.15) is 23.6 Å². The number of halogens is 1. The Morgan fingerprint density at radius 1 is 1.40 bits per heavy atom. The second kappa shape index (κ2) is 5.23. The maximum Gasteiger partial charge on any atom is 0.149 e. The van der Waals surface area contributed by atoms with E-state index in [-0.39, 0.29) is 5.92 Å². The standard InChI is InChI=1S/C14H13ClN4O/c15-11-3-1-10(2-4-11)12-7-17-6-5-14(12,9-16)13-8-20-19-18-13/h1-4,8,12,17H,5-7H2. The summed E-state index contributed by atoms with van der Waals surface area (Å²) in [5, 5.41) is 21.3. The summed E-state index contributed by atoms with van der Waals surface area (Å²) in [7, 11) is 0. The molecule has 6 heteroatoms. The van der Waals surface area contributed by atoms with Crippen LogP contribution < -0.4 is 5.32 Å². The monoisotopic (exact) mass is 288 g/mol. The fourth-order valence-corrected chi connectivity index (χ4v) is 2.96. The fraction of sp³-hybridized carbons (Fsp3) is 0.357. The second-order valence-corrected chi connectivity index (χ2v) is 5.37. The van der Waals surface area contributed by atoms with Crippen molar-refractivity contribution in [3.05, 3.63) is 46.8 Å². The number of hydrogen-bond acceptors (Lipinski definition) is 5. The van der Waals surface area contributed by atoms with Gasteiger partial charge in [0, 0.05) is 22.8 Å². The second-order valence-electron chi connectivity index (χ2n) is 4.93. The van der Waals surface area contributed by atoms with Crippen molar-refractivity contribution in [2.45, 2.75) is 17.8 Å². The highest BCUT2D eigenvalue weighted by atomic mass is 35.5. The van der Waals surface area contributed by atoms with Crippen molar-refractivity contribution in [1.82, 2.24) is 15.7 Å². The van der Waals surface area contributed by atoms with E-state index in [1.807, 2.05) is 24.3 Å². The Labute approximate surface area is 121 Å². The molecule has 2 atom stereocenters. The molecule has 102 valence electrons. The minimum Gasteiger partial charge on any atom is -0.345 e. The maximum absolute atomic E-state index is 9.79. The Bertz CT molecular complexity index is 620. The predicted octanol–water partition coefficient (Wildman–Crippen LogP) is 2.26. The van der Waals surface area contributed by atoms with Crippen LogP contribution in [0.2, 0.25) is 5.02 Å². The van der Waals surface area contributed by atoms with Crippen LogP contribution in [0.4, 0.5) is 0 Å². The largest absolute Gasteiger partial charge is 0.345 e. The maximum atomic E-state index is 9.79. The molecule has 1 fully saturated rings. The van der Waals surface area contributed by atoms with Gasteiger partial charge in [0.2, 0.25) is 0 Å². The van der Waals surface area contributed by atoms with Crippen LogP contribution in [0, 0.1) is 11.3 Å². The van der Waals surface area contributed by atoms with Crippen molar-refractivity contribution in [1.29, 1.82) is 5.26 Å². The average Bonchev–Trinajstić information content (AvgIpc) is 3.03. The van der Waals surface area contributed by atoms with Crippen molar-refractivity contribution in [3.8, 4) is 6.07 Å². The van der Waals surface area contributed by atoms with Gasteiger partial charge in [-0.2, -0.15) is 5.26 Å². The minimum absolute atomic E-state index is 0.00887. The van der Waals surface area contributed by atoms with Crippen molar-refractivity contribution in [2.24, 2.45) is 0 Å². The number of nitriles is 1. The zero-order valence-corrected chi connectivity index (χ0v) is 11.5. The van der Waals surface area contributed by atoms with Gasteiger partial charge in [-0.15, -0.1) is 5.10 Å². The molecule has 0 aliphatic carbocycles. The molecule has 0 amide bonds. The molecule has 2 unspecified atom stereocenters. The first-order valence-electron chi connectivity index (χ1n) is 6.41. The topological polar surface area (TPSA) is 74.7 Å². The Hall–Kier alpha value is -1.90. The minimum atomic E-state index is -0.709. The molecule has 3 rings (SSSR count). The third kappa shape index (κ3) is 2.07. The average molecular weight is 289 g/mol. The molecule has 1 N–H and O–H groups in total. The lowest BCUT2D eigenvalue weighted by atomic mass is 9.67. The van der Waals surface area contributed by atoms with Crippen LogP contribution in [-0.4, -0.2) is 23.5 Å². The molecule has 1 saturated heterocycles. The van der Waals surface area contributed by atoms with E-state index in [0.717, 1.165) is 12.1 Å². The molecule has 0 saturated carbocycles. The Kier molecular flexibility index (Phi) is 3.43. The lowest BCUT2D eigenvalue weighted by Gasteiger charge is -2.37. The molecule has 0 bridgehead atoms. The van der Waals surface area contributed by atoms with Gasteiger partial charge in [0.05, 0.1) is 6.07 Å². The highest BCUT2D eigenvalue weighted by Crippen LogP contribution is 2.42. The van der Waals surface area contributed by atoms with Crippen molar-refractivity contribution in [2.75, 3.05) is 13.1 Å². The third-order valence-electron chi connectivity index (χ3n) is 3.93. The molecule has 1 aliphatic rings. The summed E-state index contributed by atoms with van der Waals surface area (Å²) in [6, 6.07) is 10.0. The predicted molar refractivity (Wildman–Crippen MR) is 73.3 cm³/mol. The van der Waals surface area contributed by atoms with Crippen LogP contribution in [-0.2, 0) is 5.41 Å². The normalized spacial score (nSPS) is 26.1. The van der Waals surface area contributed by atoms with Crippen LogP contribution in [0.3, 0.4) is 0 Å². The highest BCUT2D eigenvalue weighted by Gasteiger charge is 2.46. The first-order valence-corrected chi connectivity index (χ1v) is 6.79. The fourth-order valence-electron chi connectivity index (χ4n) is 2.83. The van der Waals surface area contributed by atoms with E-state index in [9.17, 15) is 5.26 Å². The Morgan fingerprint density at radius 3 is 2.85 bits per heavy atom. The third-order valence-corrected chi connectivity index (χ3v) is 4.18. The first-order chi connectivity index (χ1) is 9.76. The van der Waals surface area contributed by atoms with Gasteiger partial charge in [-0.1, -0.05) is 23.7 Å². The van der Waals surface area contributed by atoms with Crippen LogP contribution in [0.15, 0.2) is 35.1 Å². The summed E-state index contributed by atoms with van der Waals surface area (Å²) < 4.78 is 4.84. The number of hydrogen-bond donors (Lipinski definition) is 1. The zero-order valence-electron chi connectivity index (χ0n) is 10.7. The van der Waals surface area contributed by atoms with E-state index < -0.39 is 5.41 Å².